The van der Waals surface area contributed by atoms with Crippen molar-refractivity contribution in [1.29, 1.82) is 0 Å². The Bertz CT molecular complexity index is 581. The second-order valence-electron chi connectivity index (χ2n) is 7.13. The Morgan fingerprint density at radius 3 is 2.33 bits per heavy atom. The SMILES string of the molecule is Cc1ccc(C(=O)NC(C(=O)N2CCC(C(C)O)C2)C(C)C)cc1. The fourth-order valence-electron chi connectivity index (χ4n) is 3.02. The van der Waals surface area contributed by atoms with Gasteiger partial charge in [-0.1, -0.05) is 31.5 Å². The Labute approximate surface area is 144 Å². The molecule has 1 fully saturated rings. The van der Waals surface area contributed by atoms with Crippen LogP contribution in [0, 0.1) is 18.8 Å². The van der Waals surface area contributed by atoms with Gasteiger partial charge in [-0.15, -0.1) is 0 Å². The fraction of sp³-hybridized carbons (Fsp3) is 0.579. The van der Waals surface area contributed by atoms with E-state index in [9.17, 15) is 14.7 Å². The third kappa shape index (κ3) is 4.35. The largest absolute Gasteiger partial charge is 0.393 e. The number of aliphatic hydroxyl groups is 1. The number of nitrogens with zero attached hydrogens (tertiary/aromatic N) is 1. The number of carbonyl (C=O) groups excluding carboxylic acids is 2. The lowest BCUT2D eigenvalue weighted by Crippen LogP contribution is -2.50. The molecule has 2 amide bonds. The topological polar surface area (TPSA) is 69.6 Å². The summed E-state index contributed by atoms with van der Waals surface area (Å²) in [7, 11) is 0. The summed E-state index contributed by atoms with van der Waals surface area (Å²) < 4.78 is 0. The van der Waals surface area contributed by atoms with Crippen molar-refractivity contribution in [3.63, 3.8) is 0 Å². The van der Waals surface area contributed by atoms with Crippen molar-refractivity contribution in [1.82, 2.24) is 10.2 Å². The summed E-state index contributed by atoms with van der Waals surface area (Å²) in [6.07, 6.45) is 0.391. The number of hydrogen-bond acceptors (Lipinski definition) is 3. The van der Waals surface area contributed by atoms with Gasteiger partial charge in [0, 0.05) is 24.6 Å². The Hall–Kier alpha value is -1.88. The number of aryl methyl sites for hydroxylation is 1. The molecule has 1 aromatic carbocycles. The van der Waals surface area contributed by atoms with Crippen LogP contribution in [0.5, 0.6) is 0 Å². The van der Waals surface area contributed by atoms with Gasteiger partial charge in [-0.25, -0.2) is 0 Å². The minimum atomic E-state index is -0.549. The van der Waals surface area contributed by atoms with Crippen LogP contribution in [0.1, 0.15) is 43.1 Å². The number of carbonyl (C=O) groups is 2. The molecule has 1 heterocycles. The Kier molecular flexibility index (Phi) is 5.99. The van der Waals surface area contributed by atoms with Gasteiger partial charge in [0.15, 0.2) is 0 Å². The predicted molar refractivity (Wildman–Crippen MR) is 93.6 cm³/mol. The van der Waals surface area contributed by atoms with Crippen LogP contribution in [-0.2, 0) is 4.79 Å². The minimum Gasteiger partial charge on any atom is -0.393 e. The molecule has 1 saturated heterocycles. The zero-order valence-electron chi connectivity index (χ0n) is 15.0. The van der Waals surface area contributed by atoms with E-state index in [0.29, 0.717) is 18.7 Å². The standard InChI is InChI=1S/C19H28N2O3/c1-12(2)17(19(24)21-10-9-16(11-21)14(4)22)20-18(23)15-7-5-13(3)6-8-15/h5-8,12,14,16-17,22H,9-11H2,1-4H3,(H,20,23). The number of aliphatic hydroxyl groups excluding tert-OH is 1. The predicted octanol–water partition coefficient (Wildman–Crippen LogP) is 1.98. The molecule has 2 N–H and O–H groups in total. The molecule has 0 aromatic heterocycles. The van der Waals surface area contributed by atoms with Crippen molar-refractivity contribution in [3.05, 3.63) is 35.4 Å². The first-order chi connectivity index (χ1) is 11.3. The first-order valence-corrected chi connectivity index (χ1v) is 8.64. The molecule has 5 nitrogen and oxygen atoms in total. The van der Waals surface area contributed by atoms with E-state index in [0.717, 1.165) is 12.0 Å². The summed E-state index contributed by atoms with van der Waals surface area (Å²) in [4.78, 5) is 27.0. The Morgan fingerprint density at radius 2 is 1.83 bits per heavy atom. The molecule has 1 aromatic rings. The minimum absolute atomic E-state index is 0.00232. The maximum atomic E-state index is 12.8. The van der Waals surface area contributed by atoms with Gasteiger partial charge >= 0.3 is 0 Å². The van der Waals surface area contributed by atoms with Gasteiger partial charge in [0.25, 0.3) is 5.91 Å². The second-order valence-corrected chi connectivity index (χ2v) is 7.13. The highest BCUT2D eigenvalue weighted by Crippen LogP contribution is 2.21. The van der Waals surface area contributed by atoms with E-state index in [1.807, 2.05) is 32.9 Å². The molecule has 24 heavy (non-hydrogen) atoms. The molecule has 3 atom stereocenters. The molecule has 0 bridgehead atoms. The molecule has 2 rings (SSSR count). The normalized spacial score (nSPS) is 20.1. The molecule has 0 saturated carbocycles. The first kappa shape index (κ1) is 18.5. The average molecular weight is 332 g/mol. The smallest absolute Gasteiger partial charge is 0.251 e. The highest BCUT2D eigenvalue weighted by Gasteiger charge is 2.34. The lowest BCUT2D eigenvalue weighted by atomic mass is 10.0. The quantitative estimate of drug-likeness (QED) is 0.866. The van der Waals surface area contributed by atoms with E-state index in [-0.39, 0.29) is 23.7 Å². The maximum absolute atomic E-state index is 12.8. The zero-order valence-corrected chi connectivity index (χ0v) is 15.0. The van der Waals surface area contributed by atoms with Crippen LogP contribution in [-0.4, -0.2) is 47.1 Å². The van der Waals surface area contributed by atoms with Gasteiger partial charge < -0.3 is 15.3 Å². The molecule has 3 unspecified atom stereocenters. The molecule has 132 valence electrons. The van der Waals surface area contributed by atoms with Crippen LogP contribution in [0.3, 0.4) is 0 Å². The summed E-state index contributed by atoms with van der Waals surface area (Å²) in [5, 5.41) is 12.6. The van der Waals surface area contributed by atoms with Crippen LogP contribution in [0.4, 0.5) is 0 Å². The second kappa shape index (κ2) is 7.79. The Balaban J connectivity index is 2.05. The molecule has 1 aliphatic rings. The van der Waals surface area contributed by atoms with Crippen LogP contribution in [0.2, 0.25) is 0 Å². The summed E-state index contributed by atoms with van der Waals surface area (Å²) in [5.41, 5.74) is 1.64. The lowest BCUT2D eigenvalue weighted by molar-refractivity contribution is -0.133. The van der Waals surface area contributed by atoms with E-state index < -0.39 is 12.1 Å². The summed E-state index contributed by atoms with van der Waals surface area (Å²) >= 11 is 0. The molecular weight excluding hydrogens is 304 g/mol. The van der Waals surface area contributed by atoms with Crippen molar-refractivity contribution in [2.45, 2.75) is 46.3 Å². The number of nitrogens with one attached hydrogen (secondary N) is 1. The third-order valence-electron chi connectivity index (χ3n) is 4.75. The van der Waals surface area contributed by atoms with E-state index in [1.54, 1.807) is 24.0 Å². The number of likely N-dealkylation sites (tertiary alicyclic amines) is 1. The number of benzene rings is 1. The van der Waals surface area contributed by atoms with E-state index in [1.165, 1.54) is 0 Å². The molecule has 0 aliphatic carbocycles. The number of amides is 2. The summed E-state index contributed by atoms with van der Waals surface area (Å²) in [6, 6.07) is 6.76. The van der Waals surface area contributed by atoms with Crippen molar-refractivity contribution < 1.29 is 14.7 Å². The maximum Gasteiger partial charge on any atom is 0.251 e. The van der Waals surface area contributed by atoms with Gasteiger partial charge in [-0.2, -0.15) is 0 Å². The first-order valence-electron chi connectivity index (χ1n) is 8.64. The van der Waals surface area contributed by atoms with Crippen LogP contribution < -0.4 is 5.32 Å². The van der Waals surface area contributed by atoms with Gasteiger partial charge in [-0.05, 0) is 38.3 Å². The van der Waals surface area contributed by atoms with Gasteiger partial charge in [-0.3, -0.25) is 9.59 Å². The van der Waals surface area contributed by atoms with E-state index >= 15 is 0 Å². The van der Waals surface area contributed by atoms with E-state index in [4.69, 9.17) is 0 Å². The van der Waals surface area contributed by atoms with Crippen LogP contribution in [0.15, 0.2) is 24.3 Å². The van der Waals surface area contributed by atoms with Crippen LogP contribution in [0.25, 0.3) is 0 Å². The molecule has 0 radical (unpaired) electrons. The lowest BCUT2D eigenvalue weighted by Gasteiger charge is -2.27. The van der Waals surface area contributed by atoms with Gasteiger partial charge in [0.05, 0.1) is 6.10 Å². The van der Waals surface area contributed by atoms with Crippen molar-refractivity contribution in [3.8, 4) is 0 Å². The summed E-state index contributed by atoms with van der Waals surface area (Å²) in [5.74, 6) is -0.172. The van der Waals surface area contributed by atoms with Gasteiger partial charge in [0.1, 0.15) is 6.04 Å². The zero-order chi connectivity index (χ0) is 17.9. The third-order valence-corrected chi connectivity index (χ3v) is 4.75. The average Bonchev–Trinajstić information content (AvgIpc) is 3.02. The van der Waals surface area contributed by atoms with Crippen molar-refractivity contribution in [2.24, 2.45) is 11.8 Å². The monoisotopic (exact) mass is 332 g/mol. The molecule has 5 heteroatoms. The molecule has 0 spiro atoms. The number of rotatable bonds is 5. The number of hydrogen-bond donors (Lipinski definition) is 2. The van der Waals surface area contributed by atoms with Crippen LogP contribution >= 0.6 is 0 Å². The fourth-order valence-corrected chi connectivity index (χ4v) is 3.02. The highest BCUT2D eigenvalue weighted by atomic mass is 16.3. The van der Waals surface area contributed by atoms with E-state index in [2.05, 4.69) is 5.32 Å². The molecule has 1 aliphatic heterocycles. The molecular formula is C19H28N2O3. The summed E-state index contributed by atoms with van der Waals surface area (Å²) in [6.45, 7) is 8.78. The van der Waals surface area contributed by atoms with Gasteiger partial charge in [0.2, 0.25) is 5.91 Å². The Morgan fingerprint density at radius 1 is 1.21 bits per heavy atom. The highest BCUT2D eigenvalue weighted by molar-refractivity contribution is 5.97. The van der Waals surface area contributed by atoms with Crippen molar-refractivity contribution in [2.75, 3.05) is 13.1 Å². The van der Waals surface area contributed by atoms with Crippen molar-refractivity contribution >= 4 is 11.8 Å².